The van der Waals surface area contributed by atoms with Crippen LogP contribution in [0.5, 0.6) is 0 Å². The first-order chi connectivity index (χ1) is 5.74. The SMILES string of the molecule is CC1CC(CN=C=O)=CC=C1O. The van der Waals surface area contributed by atoms with E-state index in [1.54, 1.807) is 12.2 Å². The number of allylic oxidation sites excluding steroid dienone is 3. The molecule has 12 heavy (non-hydrogen) atoms. The summed E-state index contributed by atoms with van der Waals surface area (Å²) in [6, 6.07) is 0. The number of hydrogen-bond donors (Lipinski definition) is 1. The maximum atomic E-state index is 9.81. The lowest BCUT2D eigenvalue weighted by atomic mass is 9.94. The molecule has 0 heterocycles. The Labute approximate surface area is 71.1 Å². The lowest BCUT2D eigenvalue weighted by Gasteiger charge is -2.15. The van der Waals surface area contributed by atoms with Gasteiger partial charge in [-0.05, 0) is 18.1 Å². The van der Waals surface area contributed by atoms with E-state index in [9.17, 15) is 9.90 Å². The summed E-state index contributed by atoms with van der Waals surface area (Å²) in [6.07, 6.45) is 5.72. The third-order valence-corrected chi connectivity index (χ3v) is 1.91. The van der Waals surface area contributed by atoms with Crippen molar-refractivity contribution in [2.45, 2.75) is 13.3 Å². The number of isocyanates is 1. The fourth-order valence-electron chi connectivity index (χ4n) is 1.18. The third-order valence-electron chi connectivity index (χ3n) is 1.91. The number of hydrogen-bond acceptors (Lipinski definition) is 3. The molecule has 0 radical (unpaired) electrons. The van der Waals surface area contributed by atoms with Crippen LogP contribution in [0.4, 0.5) is 0 Å². The molecule has 1 rings (SSSR count). The summed E-state index contributed by atoms with van der Waals surface area (Å²) < 4.78 is 0. The van der Waals surface area contributed by atoms with Crippen molar-refractivity contribution in [2.24, 2.45) is 10.9 Å². The third kappa shape index (κ3) is 2.07. The summed E-state index contributed by atoms with van der Waals surface area (Å²) >= 11 is 0. The first kappa shape index (κ1) is 8.75. The second-order valence-corrected chi connectivity index (χ2v) is 2.93. The van der Waals surface area contributed by atoms with Crippen molar-refractivity contribution in [1.82, 2.24) is 0 Å². The second kappa shape index (κ2) is 3.88. The van der Waals surface area contributed by atoms with Gasteiger partial charge in [-0.3, -0.25) is 0 Å². The molecule has 64 valence electrons. The van der Waals surface area contributed by atoms with E-state index in [4.69, 9.17) is 0 Å². The molecule has 0 bridgehead atoms. The lowest BCUT2D eigenvalue weighted by Crippen LogP contribution is -2.06. The van der Waals surface area contributed by atoms with Crippen LogP contribution in [0.1, 0.15) is 13.3 Å². The summed E-state index contributed by atoms with van der Waals surface area (Å²) in [4.78, 5) is 13.3. The number of rotatable bonds is 2. The van der Waals surface area contributed by atoms with Crippen molar-refractivity contribution in [1.29, 1.82) is 0 Å². The minimum absolute atomic E-state index is 0.145. The number of carbonyl (C=O) groups excluding carboxylic acids is 1. The van der Waals surface area contributed by atoms with E-state index in [0.717, 1.165) is 12.0 Å². The van der Waals surface area contributed by atoms with Gasteiger partial charge >= 0.3 is 0 Å². The smallest absolute Gasteiger partial charge is 0.235 e. The fraction of sp³-hybridized carbons (Fsp3) is 0.444. The molecule has 0 saturated carbocycles. The van der Waals surface area contributed by atoms with Gasteiger partial charge in [0.1, 0.15) is 0 Å². The first-order valence-corrected chi connectivity index (χ1v) is 3.86. The van der Waals surface area contributed by atoms with Crippen molar-refractivity contribution in [3.63, 3.8) is 0 Å². The number of aliphatic hydroxyl groups is 1. The Kier molecular flexibility index (Phi) is 2.83. The van der Waals surface area contributed by atoms with Crippen LogP contribution in [0.25, 0.3) is 0 Å². The predicted octanol–water partition coefficient (Wildman–Crippen LogP) is 1.73. The van der Waals surface area contributed by atoms with Crippen LogP contribution < -0.4 is 0 Å². The highest BCUT2D eigenvalue weighted by atomic mass is 16.3. The molecule has 1 atom stereocenters. The van der Waals surface area contributed by atoms with E-state index in [1.165, 1.54) is 6.08 Å². The first-order valence-electron chi connectivity index (χ1n) is 3.86. The summed E-state index contributed by atoms with van der Waals surface area (Å²) in [6.45, 7) is 2.33. The largest absolute Gasteiger partial charge is 0.512 e. The Bertz CT molecular complexity index is 272. The molecule has 0 aliphatic heterocycles. The van der Waals surface area contributed by atoms with E-state index in [0.29, 0.717) is 12.3 Å². The quantitative estimate of drug-likeness (QED) is 0.500. The molecule has 1 aliphatic rings. The van der Waals surface area contributed by atoms with Crippen molar-refractivity contribution in [2.75, 3.05) is 6.54 Å². The molecule has 0 aromatic heterocycles. The molecule has 1 unspecified atom stereocenters. The van der Waals surface area contributed by atoms with Crippen molar-refractivity contribution >= 4 is 6.08 Å². The van der Waals surface area contributed by atoms with Gasteiger partial charge in [-0.2, -0.15) is 0 Å². The van der Waals surface area contributed by atoms with E-state index in [2.05, 4.69) is 4.99 Å². The van der Waals surface area contributed by atoms with Gasteiger partial charge in [0.25, 0.3) is 0 Å². The molecule has 0 spiro atoms. The molecular formula is C9H11NO2. The van der Waals surface area contributed by atoms with Crippen LogP contribution >= 0.6 is 0 Å². The topological polar surface area (TPSA) is 49.7 Å². The molecule has 1 N–H and O–H groups in total. The summed E-state index contributed by atoms with van der Waals surface area (Å²) in [5, 5.41) is 9.23. The standard InChI is InChI=1S/C9H11NO2/c1-7-4-8(5-10-6-11)2-3-9(7)12/h2-3,7,12H,4-5H2,1H3. The van der Waals surface area contributed by atoms with Gasteiger partial charge in [-0.15, -0.1) is 0 Å². The monoisotopic (exact) mass is 165 g/mol. The van der Waals surface area contributed by atoms with Crippen molar-refractivity contribution in [3.05, 3.63) is 23.5 Å². The minimum Gasteiger partial charge on any atom is -0.512 e. The highest BCUT2D eigenvalue weighted by Crippen LogP contribution is 2.22. The summed E-state index contributed by atoms with van der Waals surface area (Å²) in [5.41, 5.74) is 1.06. The minimum atomic E-state index is 0.145. The molecule has 0 saturated heterocycles. The fourth-order valence-corrected chi connectivity index (χ4v) is 1.18. The summed E-state index contributed by atoms with van der Waals surface area (Å²) in [5.74, 6) is 0.542. The lowest BCUT2D eigenvalue weighted by molar-refractivity contribution is 0.335. The predicted molar refractivity (Wildman–Crippen MR) is 45.6 cm³/mol. The van der Waals surface area contributed by atoms with Crippen molar-refractivity contribution in [3.8, 4) is 0 Å². The number of aliphatic imine (C=N–C) groups is 1. The van der Waals surface area contributed by atoms with Gasteiger partial charge in [0, 0.05) is 5.92 Å². The average molecular weight is 165 g/mol. The Hall–Kier alpha value is -1.34. The van der Waals surface area contributed by atoms with Gasteiger partial charge in [0.05, 0.1) is 12.3 Å². The van der Waals surface area contributed by atoms with E-state index in [1.807, 2.05) is 6.92 Å². The van der Waals surface area contributed by atoms with Crippen LogP contribution in [-0.2, 0) is 4.79 Å². The van der Waals surface area contributed by atoms with Gasteiger partial charge in [0.15, 0.2) is 0 Å². The Morgan fingerprint density at radius 1 is 1.75 bits per heavy atom. The molecule has 1 aliphatic carbocycles. The van der Waals surface area contributed by atoms with Crippen LogP contribution in [0, 0.1) is 5.92 Å². The molecule has 0 aromatic rings. The molecule has 0 aromatic carbocycles. The van der Waals surface area contributed by atoms with Gasteiger partial charge < -0.3 is 5.11 Å². The zero-order valence-electron chi connectivity index (χ0n) is 6.95. The molecule has 3 heteroatoms. The Morgan fingerprint density at radius 3 is 3.08 bits per heavy atom. The molecule has 0 amide bonds. The molecule has 0 fully saturated rings. The normalized spacial score (nSPS) is 22.2. The second-order valence-electron chi connectivity index (χ2n) is 2.93. The zero-order valence-corrected chi connectivity index (χ0v) is 6.95. The number of nitrogens with zero attached hydrogens (tertiary/aromatic N) is 1. The maximum absolute atomic E-state index is 9.81. The summed E-state index contributed by atoms with van der Waals surface area (Å²) in [7, 11) is 0. The van der Waals surface area contributed by atoms with Crippen LogP contribution in [0.3, 0.4) is 0 Å². The van der Waals surface area contributed by atoms with Crippen molar-refractivity contribution < 1.29 is 9.90 Å². The zero-order chi connectivity index (χ0) is 8.97. The molecular weight excluding hydrogens is 154 g/mol. The van der Waals surface area contributed by atoms with Crippen LogP contribution in [0.2, 0.25) is 0 Å². The number of aliphatic hydroxyl groups excluding tert-OH is 1. The van der Waals surface area contributed by atoms with Gasteiger partial charge in [-0.1, -0.05) is 13.0 Å². The highest BCUT2D eigenvalue weighted by Gasteiger charge is 2.12. The average Bonchev–Trinajstić information content (AvgIpc) is 2.07. The Balaban J connectivity index is 2.63. The van der Waals surface area contributed by atoms with Gasteiger partial charge in [-0.25, -0.2) is 9.79 Å². The highest BCUT2D eigenvalue weighted by molar-refractivity contribution is 5.34. The maximum Gasteiger partial charge on any atom is 0.235 e. The van der Waals surface area contributed by atoms with E-state index >= 15 is 0 Å². The van der Waals surface area contributed by atoms with E-state index < -0.39 is 0 Å². The van der Waals surface area contributed by atoms with E-state index in [-0.39, 0.29) is 5.92 Å². The Morgan fingerprint density at radius 2 is 2.50 bits per heavy atom. The molecule has 3 nitrogen and oxygen atoms in total. The van der Waals surface area contributed by atoms with Gasteiger partial charge in [0.2, 0.25) is 6.08 Å². The van der Waals surface area contributed by atoms with Crippen LogP contribution in [-0.4, -0.2) is 17.7 Å². The van der Waals surface area contributed by atoms with Crippen LogP contribution in [0.15, 0.2) is 28.5 Å².